The Hall–Kier alpha value is -2.78. The summed E-state index contributed by atoms with van der Waals surface area (Å²) in [4.78, 5) is 6.00. The van der Waals surface area contributed by atoms with E-state index in [0.717, 1.165) is 36.1 Å². The van der Waals surface area contributed by atoms with Crippen LogP contribution in [-0.4, -0.2) is 42.7 Å². The van der Waals surface area contributed by atoms with Crippen LogP contribution in [0, 0.1) is 12.7 Å². The first-order valence-electron chi connectivity index (χ1n) is 9.41. The third-order valence-electron chi connectivity index (χ3n) is 5.08. The average Bonchev–Trinajstić information content (AvgIpc) is 3.21. The van der Waals surface area contributed by atoms with Gasteiger partial charge in [-0.15, -0.1) is 0 Å². The highest BCUT2D eigenvalue weighted by Gasteiger charge is 2.27. The van der Waals surface area contributed by atoms with Crippen LogP contribution in [0.2, 0.25) is 0 Å². The molecule has 1 aliphatic rings. The van der Waals surface area contributed by atoms with Gasteiger partial charge in [0.25, 0.3) is 0 Å². The molecule has 0 saturated carbocycles. The minimum Gasteiger partial charge on any atom is -0.354 e. The molecule has 1 fully saturated rings. The molecule has 2 N–H and O–H groups in total. The molecule has 0 spiro atoms. The largest absolute Gasteiger partial charge is 0.354 e. The van der Waals surface area contributed by atoms with Crippen LogP contribution in [0.5, 0.6) is 0 Å². The van der Waals surface area contributed by atoms with Gasteiger partial charge in [-0.05, 0) is 49.6 Å². The third-order valence-corrected chi connectivity index (χ3v) is 6.59. The zero-order valence-electron chi connectivity index (χ0n) is 16.0. The summed E-state index contributed by atoms with van der Waals surface area (Å²) < 4.78 is 41.9. The van der Waals surface area contributed by atoms with Crippen LogP contribution < -0.4 is 9.62 Å². The Bertz CT molecular complexity index is 1100. The van der Waals surface area contributed by atoms with Crippen LogP contribution in [0.25, 0.3) is 11.3 Å². The smallest absolute Gasteiger partial charge is 0.240 e. The number of aryl methyl sites for hydroxylation is 1. The monoisotopic (exact) mass is 415 g/mol. The molecule has 7 nitrogen and oxygen atoms in total. The number of H-pyrrole nitrogens is 1. The molecule has 3 aromatic rings. The molecule has 2 aromatic heterocycles. The van der Waals surface area contributed by atoms with Crippen molar-refractivity contribution in [1.82, 2.24) is 19.9 Å². The molecule has 3 heterocycles. The maximum absolute atomic E-state index is 13.8. The Balaban J connectivity index is 1.47. The van der Waals surface area contributed by atoms with E-state index in [1.165, 1.54) is 12.1 Å². The zero-order valence-corrected chi connectivity index (χ0v) is 16.8. The maximum atomic E-state index is 13.8. The summed E-state index contributed by atoms with van der Waals surface area (Å²) in [5.41, 5.74) is 2.27. The topological polar surface area (TPSA) is 91.0 Å². The minimum absolute atomic E-state index is 0.0579. The molecule has 1 atom stereocenters. The van der Waals surface area contributed by atoms with E-state index in [4.69, 9.17) is 0 Å². The molecule has 0 radical (unpaired) electrons. The number of hydrogen-bond acceptors (Lipinski definition) is 5. The van der Waals surface area contributed by atoms with E-state index in [1.54, 1.807) is 19.3 Å². The summed E-state index contributed by atoms with van der Waals surface area (Å²) in [6.07, 6.45) is 4.98. The van der Waals surface area contributed by atoms with Crippen molar-refractivity contribution >= 4 is 15.8 Å². The second-order valence-corrected chi connectivity index (χ2v) is 8.91. The van der Waals surface area contributed by atoms with Gasteiger partial charge in [0.1, 0.15) is 5.82 Å². The van der Waals surface area contributed by atoms with Gasteiger partial charge in [-0.25, -0.2) is 17.5 Å². The molecule has 0 aliphatic carbocycles. The van der Waals surface area contributed by atoms with Gasteiger partial charge in [0.2, 0.25) is 10.0 Å². The van der Waals surface area contributed by atoms with Gasteiger partial charge in [0, 0.05) is 43.2 Å². The van der Waals surface area contributed by atoms with E-state index < -0.39 is 15.8 Å². The van der Waals surface area contributed by atoms with Crippen molar-refractivity contribution < 1.29 is 12.8 Å². The molecule has 0 unspecified atom stereocenters. The zero-order chi connectivity index (χ0) is 20.4. The molecule has 0 amide bonds. The number of halogens is 1. The highest BCUT2D eigenvalue weighted by atomic mass is 32.2. The Kier molecular flexibility index (Phi) is 5.33. The fourth-order valence-electron chi connectivity index (χ4n) is 3.46. The number of nitrogens with one attached hydrogen (secondary N) is 2. The van der Waals surface area contributed by atoms with E-state index >= 15 is 0 Å². The van der Waals surface area contributed by atoms with Gasteiger partial charge < -0.3 is 4.90 Å². The van der Waals surface area contributed by atoms with Crippen molar-refractivity contribution in [2.45, 2.75) is 30.7 Å². The second-order valence-electron chi connectivity index (χ2n) is 7.19. The summed E-state index contributed by atoms with van der Waals surface area (Å²) in [5.74, 6) is 0.236. The Morgan fingerprint density at radius 3 is 2.76 bits per heavy atom. The van der Waals surface area contributed by atoms with E-state index in [0.29, 0.717) is 18.5 Å². The molecule has 1 aromatic carbocycles. The standard InChI is InChI=1S/C20H22FN5O2S/c1-14-4-5-17(11-18(14)21)29(27,28)25-16-3-2-10-26(13-16)20-12-19(23-24-20)15-6-8-22-9-7-15/h4-9,11-12,16,25H,2-3,10,13H2,1H3,(H,23,24)/t16-/m1/s1. The predicted molar refractivity (Wildman–Crippen MR) is 109 cm³/mol. The van der Waals surface area contributed by atoms with Gasteiger partial charge >= 0.3 is 0 Å². The van der Waals surface area contributed by atoms with Crippen LogP contribution in [0.1, 0.15) is 18.4 Å². The predicted octanol–water partition coefficient (Wildman–Crippen LogP) is 2.87. The van der Waals surface area contributed by atoms with Gasteiger partial charge in [-0.2, -0.15) is 5.10 Å². The number of anilines is 1. The molecule has 152 valence electrons. The SMILES string of the molecule is Cc1ccc(S(=O)(=O)N[C@@H]2CCCN(c3cc(-c4ccncc4)[nH]n3)C2)cc1F. The molecular formula is C20H22FN5O2S. The quantitative estimate of drug-likeness (QED) is 0.669. The van der Waals surface area contributed by atoms with Gasteiger partial charge in [0.05, 0.1) is 10.6 Å². The van der Waals surface area contributed by atoms with Crippen molar-refractivity contribution in [3.63, 3.8) is 0 Å². The summed E-state index contributed by atoms with van der Waals surface area (Å²) in [6, 6.07) is 9.42. The number of sulfonamides is 1. The molecule has 4 rings (SSSR count). The first-order valence-corrected chi connectivity index (χ1v) is 10.9. The van der Waals surface area contributed by atoms with E-state index in [2.05, 4.69) is 19.9 Å². The molecule has 1 saturated heterocycles. The van der Waals surface area contributed by atoms with Crippen LogP contribution in [0.15, 0.2) is 53.7 Å². The van der Waals surface area contributed by atoms with Crippen LogP contribution in [0.3, 0.4) is 0 Å². The van der Waals surface area contributed by atoms with E-state index in [-0.39, 0.29) is 10.9 Å². The number of piperidine rings is 1. The van der Waals surface area contributed by atoms with Crippen molar-refractivity contribution in [2.75, 3.05) is 18.0 Å². The number of hydrogen-bond donors (Lipinski definition) is 2. The second kappa shape index (κ2) is 7.92. The summed E-state index contributed by atoms with van der Waals surface area (Å²) in [7, 11) is -3.79. The van der Waals surface area contributed by atoms with Crippen LogP contribution in [0.4, 0.5) is 10.2 Å². The highest BCUT2D eigenvalue weighted by Crippen LogP contribution is 2.24. The fraction of sp³-hybridized carbons (Fsp3) is 0.300. The van der Waals surface area contributed by atoms with Crippen LogP contribution >= 0.6 is 0 Å². The first-order chi connectivity index (χ1) is 13.9. The third kappa shape index (κ3) is 4.30. The average molecular weight is 415 g/mol. The van der Waals surface area contributed by atoms with Gasteiger partial charge in [-0.1, -0.05) is 6.07 Å². The lowest BCUT2D eigenvalue weighted by Crippen LogP contribution is -2.47. The Morgan fingerprint density at radius 1 is 1.21 bits per heavy atom. The molecule has 0 bridgehead atoms. The van der Waals surface area contributed by atoms with Gasteiger partial charge in [0.15, 0.2) is 5.82 Å². The lowest BCUT2D eigenvalue weighted by molar-refractivity contribution is 0.463. The number of benzene rings is 1. The molecule has 1 aliphatic heterocycles. The number of rotatable bonds is 5. The van der Waals surface area contributed by atoms with E-state index in [1.807, 2.05) is 23.1 Å². The molecular weight excluding hydrogens is 393 g/mol. The number of nitrogens with zero attached hydrogens (tertiary/aromatic N) is 3. The fourth-order valence-corrected chi connectivity index (χ4v) is 4.74. The number of pyridine rings is 1. The first kappa shape index (κ1) is 19.5. The van der Waals surface area contributed by atoms with Gasteiger partial charge in [-0.3, -0.25) is 10.1 Å². The van der Waals surface area contributed by atoms with Crippen molar-refractivity contribution in [3.8, 4) is 11.3 Å². The van der Waals surface area contributed by atoms with Crippen LogP contribution in [-0.2, 0) is 10.0 Å². The lowest BCUT2D eigenvalue weighted by atomic mass is 10.1. The van der Waals surface area contributed by atoms with Crippen molar-refractivity contribution in [3.05, 3.63) is 60.2 Å². The summed E-state index contributed by atoms with van der Waals surface area (Å²) >= 11 is 0. The number of aromatic amines is 1. The Labute approximate surface area is 169 Å². The normalized spacial score (nSPS) is 17.4. The van der Waals surface area contributed by atoms with E-state index in [9.17, 15) is 12.8 Å². The lowest BCUT2D eigenvalue weighted by Gasteiger charge is -2.33. The molecule has 29 heavy (non-hydrogen) atoms. The van der Waals surface area contributed by atoms with Crippen molar-refractivity contribution in [2.24, 2.45) is 0 Å². The van der Waals surface area contributed by atoms with Crippen molar-refractivity contribution in [1.29, 1.82) is 0 Å². The summed E-state index contributed by atoms with van der Waals surface area (Å²) in [6.45, 7) is 2.88. The molecule has 9 heteroatoms. The Morgan fingerprint density at radius 2 is 2.00 bits per heavy atom. The minimum atomic E-state index is -3.79. The summed E-state index contributed by atoms with van der Waals surface area (Å²) in [5, 5.41) is 7.40. The maximum Gasteiger partial charge on any atom is 0.240 e. The highest BCUT2D eigenvalue weighted by molar-refractivity contribution is 7.89. The number of aromatic nitrogens is 3.